The Hall–Kier alpha value is -2.08. The zero-order valence-corrected chi connectivity index (χ0v) is 10.3. The summed E-state index contributed by atoms with van der Waals surface area (Å²) in [6.07, 6.45) is 0. The summed E-state index contributed by atoms with van der Waals surface area (Å²) in [6.45, 7) is 0.778. The summed E-state index contributed by atoms with van der Waals surface area (Å²) in [4.78, 5) is 23.9. The van der Waals surface area contributed by atoms with E-state index in [2.05, 4.69) is 0 Å². The van der Waals surface area contributed by atoms with Crippen LogP contribution in [0.15, 0.2) is 27.4 Å². The van der Waals surface area contributed by atoms with Crippen LogP contribution in [0, 0.1) is 0 Å². The molecule has 0 saturated carbocycles. The fourth-order valence-corrected chi connectivity index (χ4v) is 1.90. The lowest BCUT2D eigenvalue weighted by Crippen LogP contribution is -2.30. The van der Waals surface area contributed by atoms with E-state index < -0.39 is 0 Å². The Morgan fingerprint density at radius 1 is 1.50 bits per heavy atom. The number of carbonyl (C=O) groups is 1. The number of hydrogen-bond donors (Lipinski definition) is 1. The highest BCUT2D eigenvalue weighted by molar-refractivity contribution is 5.76. The predicted molar refractivity (Wildman–Crippen MR) is 67.0 cm³/mol. The molecule has 18 heavy (non-hydrogen) atoms. The van der Waals surface area contributed by atoms with E-state index in [1.165, 1.54) is 4.57 Å². The van der Waals surface area contributed by atoms with Crippen molar-refractivity contribution < 1.29 is 9.21 Å². The van der Waals surface area contributed by atoms with Crippen LogP contribution in [0.4, 0.5) is 0 Å². The standard InChI is InChI=1S/C12H15N3O3/c1-14(7-11(13)16)6-8-3-4-10-9(5-8)15(2)12(17)18-10/h3-5H,6-7H2,1-2H3,(H2,13,16). The van der Waals surface area contributed by atoms with Gasteiger partial charge in [0.25, 0.3) is 0 Å². The lowest BCUT2D eigenvalue weighted by Gasteiger charge is -2.14. The molecule has 0 fully saturated rings. The fourth-order valence-electron chi connectivity index (χ4n) is 1.90. The van der Waals surface area contributed by atoms with E-state index in [0.29, 0.717) is 12.1 Å². The molecule has 2 aromatic rings. The fraction of sp³-hybridized carbons (Fsp3) is 0.333. The molecule has 0 bridgehead atoms. The third kappa shape index (κ3) is 2.43. The third-order valence-electron chi connectivity index (χ3n) is 2.73. The highest BCUT2D eigenvalue weighted by atomic mass is 16.4. The number of hydrogen-bond acceptors (Lipinski definition) is 4. The molecular formula is C12H15N3O3. The maximum absolute atomic E-state index is 11.3. The van der Waals surface area contributed by atoms with Crippen molar-refractivity contribution in [1.29, 1.82) is 0 Å². The van der Waals surface area contributed by atoms with Crippen molar-refractivity contribution >= 4 is 17.0 Å². The Morgan fingerprint density at radius 3 is 2.89 bits per heavy atom. The number of likely N-dealkylation sites (N-methyl/N-ethyl adjacent to an activating group) is 1. The molecule has 2 rings (SSSR count). The van der Waals surface area contributed by atoms with Gasteiger partial charge in [-0.05, 0) is 24.7 Å². The third-order valence-corrected chi connectivity index (χ3v) is 2.73. The first-order valence-corrected chi connectivity index (χ1v) is 5.52. The van der Waals surface area contributed by atoms with Gasteiger partial charge in [-0.15, -0.1) is 0 Å². The number of amides is 1. The quantitative estimate of drug-likeness (QED) is 0.830. The molecule has 1 aromatic carbocycles. The molecule has 0 spiro atoms. The molecule has 6 nitrogen and oxygen atoms in total. The average molecular weight is 249 g/mol. The van der Waals surface area contributed by atoms with Crippen LogP contribution in [0.25, 0.3) is 11.1 Å². The normalized spacial score (nSPS) is 11.3. The molecule has 0 aliphatic heterocycles. The summed E-state index contributed by atoms with van der Waals surface area (Å²) in [6, 6.07) is 5.49. The molecule has 0 unspecified atom stereocenters. The van der Waals surface area contributed by atoms with Crippen LogP contribution in [-0.2, 0) is 18.4 Å². The number of fused-ring (bicyclic) bond motifs is 1. The van der Waals surface area contributed by atoms with Crippen molar-refractivity contribution in [2.75, 3.05) is 13.6 Å². The van der Waals surface area contributed by atoms with E-state index in [0.717, 1.165) is 11.1 Å². The van der Waals surface area contributed by atoms with E-state index in [-0.39, 0.29) is 18.2 Å². The average Bonchev–Trinajstić information content (AvgIpc) is 2.54. The van der Waals surface area contributed by atoms with Gasteiger partial charge in [-0.25, -0.2) is 4.79 Å². The Bertz CT molecular complexity index is 642. The Kier molecular flexibility index (Phi) is 3.20. The Morgan fingerprint density at radius 2 is 2.22 bits per heavy atom. The van der Waals surface area contributed by atoms with E-state index >= 15 is 0 Å². The highest BCUT2D eigenvalue weighted by Crippen LogP contribution is 2.15. The molecule has 0 saturated heterocycles. The molecule has 0 radical (unpaired) electrons. The van der Waals surface area contributed by atoms with Gasteiger partial charge in [0.05, 0.1) is 12.1 Å². The van der Waals surface area contributed by atoms with Crippen LogP contribution in [0.2, 0.25) is 0 Å². The minimum Gasteiger partial charge on any atom is -0.408 e. The van der Waals surface area contributed by atoms with Crippen LogP contribution in [0.1, 0.15) is 5.56 Å². The molecular weight excluding hydrogens is 234 g/mol. The summed E-state index contributed by atoms with van der Waals surface area (Å²) >= 11 is 0. The first-order valence-electron chi connectivity index (χ1n) is 5.52. The topological polar surface area (TPSA) is 81.5 Å². The molecule has 0 atom stereocenters. The van der Waals surface area contributed by atoms with E-state index in [4.69, 9.17) is 10.2 Å². The predicted octanol–water partition coefficient (Wildman–Crippen LogP) is 0.0486. The van der Waals surface area contributed by atoms with E-state index in [9.17, 15) is 9.59 Å². The van der Waals surface area contributed by atoms with Gasteiger partial charge in [-0.3, -0.25) is 14.3 Å². The van der Waals surface area contributed by atoms with Crippen molar-refractivity contribution in [2.45, 2.75) is 6.54 Å². The van der Waals surface area contributed by atoms with Gasteiger partial charge in [0.1, 0.15) is 0 Å². The Balaban J connectivity index is 2.27. The van der Waals surface area contributed by atoms with E-state index in [1.807, 2.05) is 24.1 Å². The maximum Gasteiger partial charge on any atom is 0.419 e. The van der Waals surface area contributed by atoms with Crippen LogP contribution >= 0.6 is 0 Å². The van der Waals surface area contributed by atoms with Gasteiger partial charge in [-0.2, -0.15) is 0 Å². The van der Waals surface area contributed by atoms with Crippen LogP contribution in [0.5, 0.6) is 0 Å². The summed E-state index contributed by atoms with van der Waals surface area (Å²) in [5.74, 6) is -0.748. The SMILES string of the molecule is CN(CC(N)=O)Cc1ccc2oc(=O)n(C)c2c1. The van der Waals surface area contributed by atoms with Crippen molar-refractivity contribution in [3.63, 3.8) is 0 Å². The molecule has 1 amide bonds. The second-order valence-corrected chi connectivity index (χ2v) is 4.37. The van der Waals surface area contributed by atoms with Gasteiger partial charge < -0.3 is 10.2 Å². The number of primary amides is 1. The molecule has 96 valence electrons. The molecule has 2 N–H and O–H groups in total. The number of oxazole rings is 1. The number of benzene rings is 1. The molecule has 0 aliphatic rings. The number of nitrogens with zero attached hydrogens (tertiary/aromatic N) is 2. The van der Waals surface area contributed by atoms with Gasteiger partial charge in [0.2, 0.25) is 5.91 Å². The van der Waals surface area contributed by atoms with Gasteiger partial charge in [-0.1, -0.05) is 6.07 Å². The van der Waals surface area contributed by atoms with Gasteiger partial charge >= 0.3 is 5.76 Å². The van der Waals surface area contributed by atoms with E-state index in [1.54, 1.807) is 13.1 Å². The largest absolute Gasteiger partial charge is 0.419 e. The zero-order chi connectivity index (χ0) is 13.3. The first-order chi connectivity index (χ1) is 8.47. The Labute approximate surface area is 104 Å². The minimum atomic E-state index is -0.382. The van der Waals surface area contributed by atoms with Gasteiger partial charge in [0.15, 0.2) is 5.58 Å². The number of aromatic nitrogens is 1. The minimum absolute atomic E-state index is 0.197. The summed E-state index contributed by atoms with van der Waals surface area (Å²) < 4.78 is 6.49. The van der Waals surface area contributed by atoms with Crippen molar-refractivity contribution in [3.8, 4) is 0 Å². The number of carbonyl (C=O) groups excluding carboxylic acids is 1. The van der Waals surface area contributed by atoms with Crippen LogP contribution in [-0.4, -0.2) is 29.0 Å². The molecule has 1 heterocycles. The number of nitrogens with two attached hydrogens (primary N) is 1. The summed E-state index contributed by atoms with van der Waals surface area (Å²) in [7, 11) is 3.47. The number of aryl methyl sites for hydroxylation is 1. The smallest absolute Gasteiger partial charge is 0.408 e. The summed E-state index contributed by atoms with van der Waals surface area (Å²) in [5.41, 5.74) is 7.41. The second kappa shape index (κ2) is 4.66. The van der Waals surface area contributed by atoms with Crippen molar-refractivity contribution in [3.05, 3.63) is 34.3 Å². The number of rotatable bonds is 4. The lowest BCUT2D eigenvalue weighted by molar-refractivity contribution is -0.118. The zero-order valence-electron chi connectivity index (χ0n) is 10.3. The summed E-state index contributed by atoms with van der Waals surface area (Å²) in [5, 5.41) is 0. The van der Waals surface area contributed by atoms with Crippen LogP contribution in [0.3, 0.4) is 0 Å². The van der Waals surface area contributed by atoms with Crippen LogP contribution < -0.4 is 11.5 Å². The molecule has 6 heteroatoms. The lowest BCUT2D eigenvalue weighted by atomic mass is 10.2. The second-order valence-electron chi connectivity index (χ2n) is 4.37. The first kappa shape index (κ1) is 12.4. The van der Waals surface area contributed by atoms with Gasteiger partial charge in [0, 0.05) is 13.6 Å². The highest BCUT2D eigenvalue weighted by Gasteiger charge is 2.08. The van der Waals surface area contributed by atoms with Crippen molar-refractivity contribution in [1.82, 2.24) is 9.47 Å². The van der Waals surface area contributed by atoms with Crippen molar-refractivity contribution in [2.24, 2.45) is 12.8 Å². The molecule has 1 aromatic heterocycles. The molecule has 0 aliphatic carbocycles. The maximum atomic E-state index is 11.3. The monoisotopic (exact) mass is 249 g/mol.